The molecule has 3 atom stereocenters. The third-order valence-corrected chi connectivity index (χ3v) is 7.00. The van der Waals surface area contributed by atoms with Gasteiger partial charge in [-0.2, -0.15) is 0 Å². The summed E-state index contributed by atoms with van der Waals surface area (Å²) in [6.45, 7) is 7.66. The molecule has 1 aliphatic heterocycles. The van der Waals surface area contributed by atoms with E-state index in [-0.39, 0.29) is 0 Å². The molecule has 0 spiro atoms. The van der Waals surface area contributed by atoms with Crippen LogP contribution in [0.3, 0.4) is 0 Å². The Morgan fingerprint density at radius 1 is 1.35 bits per heavy atom. The first-order valence-corrected chi connectivity index (χ1v) is 9.53. The van der Waals surface area contributed by atoms with Crippen LogP contribution < -0.4 is 5.73 Å². The SMILES string of the molecule is C=C1/C(=C/C(=N)N2CCCCC2C)CC1C1(C(N)C2CC2)CC1. The minimum atomic E-state index is 0.371. The molecule has 3 aliphatic carbocycles. The zero-order valence-corrected chi connectivity index (χ0v) is 14.5. The Kier molecular flexibility index (Phi) is 3.67. The maximum atomic E-state index is 8.46. The molecule has 4 rings (SSSR count). The Labute approximate surface area is 140 Å². The molecule has 3 unspecified atom stereocenters. The predicted molar refractivity (Wildman–Crippen MR) is 95.4 cm³/mol. The lowest BCUT2D eigenvalue weighted by Crippen LogP contribution is -2.44. The van der Waals surface area contributed by atoms with Crippen LogP contribution in [0.15, 0.2) is 23.8 Å². The van der Waals surface area contributed by atoms with Crippen molar-refractivity contribution < 1.29 is 0 Å². The van der Waals surface area contributed by atoms with Gasteiger partial charge in [0.25, 0.3) is 0 Å². The molecule has 0 bridgehead atoms. The molecule has 0 aromatic rings. The van der Waals surface area contributed by atoms with Crippen molar-refractivity contribution in [3.8, 4) is 0 Å². The molecule has 0 aromatic heterocycles. The summed E-state index contributed by atoms with van der Waals surface area (Å²) in [5.74, 6) is 2.07. The van der Waals surface area contributed by atoms with Crippen molar-refractivity contribution in [1.29, 1.82) is 5.41 Å². The van der Waals surface area contributed by atoms with Gasteiger partial charge in [-0.05, 0) is 92.8 Å². The number of hydrogen-bond acceptors (Lipinski definition) is 2. The van der Waals surface area contributed by atoms with Gasteiger partial charge in [0.05, 0.1) is 0 Å². The summed E-state index contributed by atoms with van der Waals surface area (Å²) < 4.78 is 0. The van der Waals surface area contributed by atoms with Crippen molar-refractivity contribution in [1.82, 2.24) is 4.90 Å². The molecule has 23 heavy (non-hydrogen) atoms. The number of nitrogens with two attached hydrogens (primary N) is 1. The van der Waals surface area contributed by atoms with E-state index in [0.29, 0.717) is 29.3 Å². The van der Waals surface area contributed by atoms with Crippen molar-refractivity contribution in [3.05, 3.63) is 23.8 Å². The Balaban J connectivity index is 1.41. The second-order valence-electron chi connectivity index (χ2n) is 8.47. The van der Waals surface area contributed by atoms with Crippen molar-refractivity contribution in [2.75, 3.05) is 6.54 Å². The zero-order chi connectivity index (χ0) is 16.2. The fourth-order valence-corrected chi connectivity index (χ4v) is 4.96. The first-order chi connectivity index (χ1) is 11.0. The third kappa shape index (κ3) is 2.57. The first-order valence-electron chi connectivity index (χ1n) is 9.53. The summed E-state index contributed by atoms with van der Waals surface area (Å²) in [7, 11) is 0. The summed E-state index contributed by atoms with van der Waals surface area (Å²) in [6, 6.07) is 0.905. The number of rotatable bonds is 4. The Morgan fingerprint density at radius 2 is 2.09 bits per heavy atom. The van der Waals surface area contributed by atoms with E-state index in [2.05, 4.69) is 24.5 Å². The second kappa shape index (κ2) is 5.47. The first kappa shape index (κ1) is 15.4. The molecule has 3 N–H and O–H groups in total. The molecule has 0 amide bonds. The monoisotopic (exact) mass is 313 g/mol. The van der Waals surface area contributed by atoms with Crippen molar-refractivity contribution in [2.45, 2.75) is 70.4 Å². The summed E-state index contributed by atoms with van der Waals surface area (Å²) >= 11 is 0. The van der Waals surface area contributed by atoms with E-state index in [1.807, 2.05) is 0 Å². The molecule has 4 aliphatic rings. The summed E-state index contributed by atoms with van der Waals surface area (Å²) in [4.78, 5) is 2.26. The van der Waals surface area contributed by atoms with Gasteiger partial charge >= 0.3 is 0 Å². The molecule has 0 radical (unpaired) electrons. The highest BCUT2D eigenvalue weighted by Crippen LogP contribution is 2.65. The Morgan fingerprint density at radius 3 is 2.65 bits per heavy atom. The van der Waals surface area contributed by atoms with Crippen LogP contribution in [-0.2, 0) is 0 Å². The summed E-state index contributed by atoms with van der Waals surface area (Å²) in [5, 5.41) is 8.46. The average Bonchev–Trinajstić information content (AvgIpc) is 3.44. The predicted octanol–water partition coefficient (Wildman–Crippen LogP) is 3.86. The highest BCUT2D eigenvalue weighted by atomic mass is 15.2. The van der Waals surface area contributed by atoms with Crippen LogP contribution in [0.4, 0.5) is 0 Å². The highest BCUT2D eigenvalue weighted by molar-refractivity contribution is 5.92. The van der Waals surface area contributed by atoms with Crippen LogP contribution in [0.25, 0.3) is 0 Å². The topological polar surface area (TPSA) is 53.1 Å². The molecule has 3 saturated carbocycles. The van der Waals surface area contributed by atoms with Gasteiger partial charge in [-0.3, -0.25) is 5.41 Å². The Bertz CT molecular complexity index is 553. The van der Waals surface area contributed by atoms with E-state index in [0.717, 1.165) is 18.9 Å². The molecule has 1 heterocycles. The van der Waals surface area contributed by atoms with Gasteiger partial charge in [0, 0.05) is 18.6 Å². The fraction of sp³-hybridized carbons (Fsp3) is 0.750. The van der Waals surface area contributed by atoms with Crippen LogP contribution in [0.2, 0.25) is 0 Å². The lowest BCUT2D eigenvalue weighted by Gasteiger charge is -2.43. The zero-order valence-electron chi connectivity index (χ0n) is 14.5. The van der Waals surface area contributed by atoms with E-state index in [1.54, 1.807) is 0 Å². The normalized spacial score (nSPS) is 35.8. The van der Waals surface area contributed by atoms with Crippen molar-refractivity contribution >= 4 is 5.84 Å². The van der Waals surface area contributed by atoms with Crippen LogP contribution in [0, 0.1) is 22.7 Å². The average molecular weight is 313 g/mol. The van der Waals surface area contributed by atoms with Crippen molar-refractivity contribution in [3.63, 3.8) is 0 Å². The molecule has 3 nitrogen and oxygen atoms in total. The van der Waals surface area contributed by atoms with E-state index < -0.39 is 0 Å². The minimum Gasteiger partial charge on any atom is -0.354 e. The molecule has 3 heteroatoms. The van der Waals surface area contributed by atoms with Crippen LogP contribution in [-0.4, -0.2) is 29.4 Å². The van der Waals surface area contributed by atoms with E-state index in [1.165, 1.54) is 56.1 Å². The van der Waals surface area contributed by atoms with Gasteiger partial charge in [0.2, 0.25) is 0 Å². The number of amidine groups is 1. The standard InChI is InChI=1S/C20H31N3/c1-13-5-3-4-10-23(13)18(21)12-16-11-17(14(16)2)20(8-9-20)19(22)15-6-7-15/h12-13,15,17,19,21H,2-11,22H2,1H3/b16-12+,21-18?. The molecule has 4 fully saturated rings. The Hall–Kier alpha value is -1.09. The van der Waals surface area contributed by atoms with Gasteiger partial charge in [-0.15, -0.1) is 0 Å². The van der Waals surface area contributed by atoms with Gasteiger partial charge in [-0.25, -0.2) is 0 Å². The van der Waals surface area contributed by atoms with E-state index in [9.17, 15) is 0 Å². The maximum absolute atomic E-state index is 8.46. The van der Waals surface area contributed by atoms with Gasteiger partial charge in [0.1, 0.15) is 5.84 Å². The quantitative estimate of drug-likeness (QED) is 0.611. The lowest BCUT2D eigenvalue weighted by molar-refractivity contribution is 0.240. The number of allylic oxidation sites excluding steroid dienone is 2. The maximum Gasteiger partial charge on any atom is 0.121 e. The van der Waals surface area contributed by atoms with E-state index in [4.69, 9.17) is 11.1 Å². The fourth-order valence-electron chi connectivity index (χ4n) is 4.96. The number of hydrogen-bond donors (Lipinski definition) is 2. The second-order valence-corrected chi connectivity index (χ2v) is 8.47. The van der Waals surface area contributed by atoms with Crippen LogP contribution in [0.1, 0.15) is 58.3 Å². The summed E-state index contributed by atoms with van der Waals surface area (Å²) in [6.07, 6.45) is 12.2. The smallest absolute Gasteiger partial charge is 0.121 e. The van der Waals surface area contributed by atoms with Crippen molar-refractivity contribution in [2.24, 2.45) is 23.0 Å². The minimum absolute atomic E-state index is 0.371. The number of piperidine rings is 1. The number of nitrogens with zero attached hydrogens (tertiary/aromatic N) is 1. The van der Waals surface area contributed by atoms with Crippen LogP contribution >= 0.6 is 0 Å². The lowest BCUT2D eigenvalue weighted by atomic mass is 9.63. The number of likely N-dealkylation sites (tertiary alicyclic amines) is 1. The third-order valence-electron chi connectivity index (χ3n) is 7.00. The number of nitrogens with one attached hydrogen (secondary N) is 1. The molecule has 1 saturated heterocycles. The van der Waals surface area contributed by atoms with Gasteiger partial charge in [-0.1, -0.05) is 6.58 Å². The van der Waals surface area contributed by atoms with Crippen LogP contribution in [0.5, 0.6) is 0 Å². The van der Waals surface area contributed by atoms with Gasteiger partial charge < -0.3 is 10.6 Å². The molecule has 126 valence electrons. The van der Waals surface area contributed by atoms with Gasteiger partial charge in [0.15, 0.2) is 0 Å². The largest absolute Gasteiger partial charge is 0.354 e. The molecular weight excluding hydrogens is 282 g/mol. The highest BCUT2D eigenvalue weighted by Gasteiger charge is 2.60. The van der Waals surface area contributed by atoms with E-state index >= 15 is 0 Å². The summed E-state index contributed by atoms with van der Waals surface area (Å²) in [5.41, 5.74) is 9.53. The molecule has 0 aromatic carbocycles. The molecular formula is C20H31N3.